The van der Waals surface area contributed by atoms with Gasteiger partial charge in [-0.1, -0.05) is 18.2 Å². The Balaban J connectivity index is 3.39. The van der Waals surface area contributed by atoms with Gasteiger partial charge in [0.15, 0.2) is 0 Å². The second kappa shape index (κ2) is 6.55. The molecular weight excluding hydrogens is 330 g/mol. The molecule has 0 aliphatic heterocycles. The van der Waals surface area contributed by atoms with Crippen molar-refractivity contribution < 1.29 is 35.9 Å². The number of aryl methyl sites for hydroxylation is 1. The SMILES string of the molecule is CCOC(=O)NC(Nc1ccccc1C)(C(F)(F)F)C(F)(F)F. The average molecular weight is 344 g/mol. The number of amides is 1. The van der Waals surface area contributed by atoms with E-state index in [4.69, 9.17) is 0 Å². The number of hydrogen-bond donors (Lipinski definition) is 2. The van der Waals surface area contributed by atoms with E-state index in [-0.39, 0.29) is 12.2 Å². The standard InChI is InChI=1S/C13H14F6N2O2/c1-3-23-10(22)21-11(12(14,15)16,13(17,18)19)20-9-7-5-4-6-8(9)2/h4-7,20H,3H2,1-2H3,(H,21,22). The van der Waals surface area contributed by atoms with E-state index < -0.39 is 29.8 Å². The van der Waals surface area contributed by atoms with Crippen LogP contribution in [-0.2, 0) is 4.74 Å². The highest BCUT2D eigenvalue weighted by Crippen LogP contribution is 2.44. The summed E-state index contributed by atoms with van der Waals surface area (Å²) in [7, 11) is 0. The van der Waals surface area contributed by atoms with Crippen molar-refractivity contribution in [2.24, 2.45) is 0 Å². The van der Waals surface area contributed by atoms with Gasteiger partial charge in [0.05, 0.1) is 6.61 Å². The van der Waals surface area contributed by atoms with Crippen molar-refractivity contribution in [3.8, 4) is 0 Å². The lowest BCUT2D eigenvalue weighted by molar-refractivity contribution is -0.294. The van der Waals surface area contributed by atoms with Crippen LogP contribution in [0.2, 0.25) is 0 Å². The number of halogens is 6. The topological polar surface area (TPSA) is 50.4 Å². The zero-order chi connectivity index (χ0) is 17.9. The molecule has 2 N–H and O–H groups in total. The lowest BCUT2D eigenvalue weighted by Crippen LogP contribution is -2.72. The van der Waals surface area contributed by atoms with Gasteiger partial charge in [-0.25, -0.2) is 4.79 Å². The fourth-order valence-corrected chi connectivity index (χ4v) is 1.71. The van der Waals surface area contributed by atoms with Gasteiger partial charge >= 0.3 is 24.1 Å². The molecular formula is C13H14F6N2O2. The monoisotopic (exact) mass is 344 g/mol. The molecule has 1 rings (SSSR count). The predicted molar refractivity (Wildman–Crippen MR) is 69.8 cm³/mol. The summed E-state index contributed by atoms with van der Waals surface area (Å²) in [5.74, 6) is 0. The summed E-state index contributed by atoms with van der Waals surface area (Å²) in [6.45, 7) is 2.18. The van der Waals surface area contributed by atoms with E-state index in [2.05, 4.69) is 4.74 Å². The Morgan fingerprint density at radius 3 is 2.04 bits per heavy atom. The Labute approximate surface area is 127 Å². The molecule has 23 heavy (non-hydrogen) atoms. The highest BCUT2D eigenvalue weighted by atomic mass is 19.4. The molecule has 1 aromatic carbocycles. The maximum Gasteiger partial charge on any atom is 0.439 e. The third-order valence-corrected chi connectivity index (χ3v) is 2.88. The van der Waals surface area contributed by atoms with Crippen LogP contribution >= 0.6 is 0 Å². The summed E-state index contributed by atoms with van der Waals surface area (Å²) in [4.78, 5) is 11.3. The van der Waals surface area contributed by atoms with E-state index in [9.17, 15) is 31.1 Å². The number of alkyl carbamates (subject to hydrolysis) is 1. The van der Waals surface area contributed by atoms with Crippen molar-refractivity contribution in [3.63, 3.8) is 0 Å². The van der Waals surface area contributed by atoms with E-state index in [1.54, 1.807) is 0 Å². The van der Waals surface area contributed by atoms with Crippen molar-refractivity contribution in [2.45, 2.75) is 31.9 Å². The quantitative estimate of drug-likeness (QED) is 0.642. The Hall–Kier alpha value is -2.13. The lowest BCUT2D eigenvalue weighted by Gasteiger charge is -2.38. The number of benzene rings is 1. The predicted octanol–water partition coefficient (Wildman–Crippen LogP) is 3.97. The van der Waals surface area contributed by atoms with Crippen LogP contribution in [0.25, 0.3) is 0 Å². The number of carbonyl (C=O) groups is 1. The van der Waals surface area contributed by atoms with Gasteiger partial charge in [-0.2, -0.15) is 26.3 Å². The second-order valence-corrected chi connectivity index (χ2v) is 4.53. The molecule has 0 bridgehead atoms. The van der Waals surface area contributed by atoms with Crippen molar-refractivity contribution in [1.82, 2.24) is 5.32 Å². The Kier molecular flexibility index (Phi) is 5.39. The molecule has 1 amide bonds. The molecule has 0 atom stereocenters. The van der Waals surface area contributed by atoms with E-state index in [0.717, 1.165) is 11.4 Å². The largest absolute Gasteiger partial charge is 0.450 e. The number of rotatable bonds is 4. The van der Waals surface area contributed by atoms with Crippen molar-refractivity contribution in [1.29, 1.82) is 0 Å². The first kappa shape index (κ1) is 18.9. The summed E-state index contributed by atoms with van der Waals surface area (Å²) in [5, 5.41) is 2.23. The summed E-state index contributed by atoms with van der Waals surface area (Å²) in [6, 6.07) is 5.07. The van der Waals surface area contributed by atoms with Gasteiger partial charge in [0, 0.05) is 5.69 Å². The third kappa shape index (κ3) is 3.99. The van der Waals surface area contributed by atoms with Crippen LogP contribution in [0.5, 0.6) is 0 Å². The molecule has 0 fully saturated rings. The number of alkyl halides is 6. The molecule has 0 unspecified atom stereocenters. The molecule has 0 aromatic heterocycles. The summed E-state index contributed by atoms with van der Waals surface area (Å²) < 4.78 is 83.6. The van der Waals surface area contributed by atoms with Gasteiger partial charge in [-0.05, 0) is 25.5 Å². The Bertz CT molecular complexity index is 542. The van der Waals surface area contributed by atoms with Crippen molar-refractivity contribution >= 4 is 11.8 Å². The lowest BCUT2D eigenvalue weighted by atomic mass is 10.1. The number of nitrogens with one attached hydrogen (secondary N) is 2. The molecule has 0 saturated heterocycles. The zero-order valence-electron chi connectivity index (χ0n) is 12.1. The number of hydrogen-bond acceptors (Lipinski definition) is 3. The first-order chi connectivity index (χ1) is 10.4. The molecule has 0 aliphatic carbocycles. The fourth-order valence-electron chi connectivity index (χ4n) is 1.71. The second-order valence-electron chi connectivity index (χ2n) is 4.53. The van der Waals surface area contributed by atoms with Crippen LogP contribution in [-0.4, -0.2) is 30.7 Å². The number of carbonyl (C=O) groups excluding carboxylic acids is 1. The highest BCUT2D eigenvalue weighted by Gasteiger charge is 2.73. The maximum absolute atomic E-state index is 13.2. The minimum Gasteiger partial charge on any atom is -0.450 e. The van der Waals surface area contributed by atoms with Crippen LogP contribution in [0, 0.1) is 6.92 Å². The van der Waals surface area contributed by atoms with Crippen LogP contribution in [0.1, 0.15) is 12.5 Å². The summed E-state index contributed by atoms with van der Waals surface area (Å²) in [5.41, 5.74) is -4.98. The highest BCUT2D eigenvalue weighted by molar-refractivity contribution is 5.70. The minimum atomic E-state index is -5.87. The van der Waals surface area contributed by atoms with E-state index >= 15 is 0 Å². The van der Waals surface area contributed by atoms with E-state index in [1.807, 2.05) is 0 Å². The maximum atomic E-state index is 13.2. The van der Waals surface area contributed by atoms with Gasteiger partial charge < -0.3 is 10.1 Å². The molecule has 0 spiro atoms. The first-order valence-electron chi connectivity index (χ1n) is 6.37. The fraction of sp³-hybridized carbons (Fsp3) is 0.462. The number of anilines is 1. The van der Waals surface area contributed by atoms with Crippen molar-refractivity contribution in [2.75, 3.05) is 11.9 Å². The molecule has 4 nitrogen and oxygen atoms in total. The van der Waals surface area contributed by atoms with Gasteiger partial charge in [0.2, 0.25) is 0 Å². The van der Waals surface area contributed by atoms with Crippen LogP contribution in [0.15, 0.2) is 24.3 Å². The smallest absolute Gasteiger partial charge is 0.439 e. The third-order valence-electron chi connectivity index (χ3n) is 2.88. The van der Waals surface area contributed by atoms with Gasteiger partial charge in [0.1, 0.15) is 0 Å². The van der Waals surface area contributed by atoms with E-state index in [0.29, 0.717) is 0 Å². The Morgan fingerprint density at radius 1 is 1.09 bits per heavy atom. The van der Waals surface area contributed by atoms with Crippen LogP contribution in [0.3, 0.4) is 0 Å². The molecule has 0 heterocycles. The molecule has 0 aliphatic rings. The van der Waals surface area contributed by atoms with Crippen LogP contribution < -0.4 is 10.6 Å². The normalized spacial score (nSPS) is 12.7. The Morgan fingerprint density at radius 2 is 1.61 bits per heavy atom. The zero-order valence-corrected chi connectivity index (χ0v) is 12.1. The average Bonchev–Trinajstić information content (AvgIpc) is 2.38. The van der Waals surface area contributed by atoms with Crippen molar-refractivity contribution in [3.05, 3.63) is 29.8 Å². The molecule has 0 radical (unpaired) electrons. The van der Waals surface area contributed by atoms with E-state index in [1.165, 1.54) is 37.4 Å². The summed E-state index contributed by atoms with van der Waals surface area (Å²) in [6.07, 6.45) is -13.6. The first-order valence-corrected chi connectivity index (χ1v) is 6.37. The number of ether oxygens (including phenoxy) is 1. The minimum absolute atomic E-state index is 0.135. The van der Waals surface area contributed by atoms with Gasteiger partial charge in [0.25, 0.3) is 0 Å². The molecule has 1 aromatic rings. The van der Waals surface area contributed by atoms with Crippen LogP contribution in [0.4, 0.5) is 36.8 Å². The number of para-hydroxylation sites is 1. The molecule has 10 heteroatoms. The van der Waals surface area contributed by atoms with Gasteiger partial charge in [-0.15, -0.1) is 0 Å². The molecule has 0 saturated carbocycles. The van der Waals surface area contributed by atoms with Gasteiger partial charge in [-0.3, -0.25) is 5.32 Å². The summed E-state index contributed by atoms with van der Waals surface area (Å²) >= 11 is 0. The molecule has 130 valence electrons.